The minimum absolute atomic E-state index is 0.207. The molecular weight excluding hydrogens is 405 g/mol. The van der Waals surface area contributed by atoms with Crippen LogP contribution in [0.5, 0.6) is 5.75 Å². The monoisotopic (exact) mass is 431 g/mol. The molecule has 1 N–H and O–H groups in total. The average Bonchev–Trinajstić information content (AvgIpc) is 2.70. The van der Waals surface area contributed by atoms with E-state index in [1.165, 1.54) is 43.7 Å². The highest BCUT2D eigenvalue weighted by molar-refractivity contribution is 6.31. The van der Waals surface area contributed by atoms with Crippen LogP contribution >= 0.6 is 11.6 Å². The standard InChI is InChI=1S/C24H27ClFNO3/c25-21-10-17(6-8-20(21)18-4-2-1-3-5-18)15-30-23-9-7-16(11-22(23)26)12-27-13-19(14-27)24(28)29/h6-11,18-19H,1-5,12-15H2,(H,28,29). The Balaban J connectivity index is 1.32. The summed E-state index contributed by atoms with van der Waals surface area (Å²) in [5.41, 5.74) is 2.94. The lowest BCUT2D eigenvalue weighted by Crippen LogP contribution is -2.49. The summed E-state index contributed by atoms with van der Waals surface area (Å²) in [6.07, 6.45) is 6.23. The second-order valence-electron chi connectivity index (χ2n) is 8.47. The second kappa shape index (κ2) is 9.36. The molecule has 0 atom stereocenters. The van der Waals surface area contributed by atoms with Gasteiger partial charge in [0.25, 0.3) is 0 Å². The third-order valence-corrected chi connectivity index (χ3v) is 6.54. The van der Waals surface area contributed by atoms with E-state index in [0.29, 0.717) is 25.6 Å². The zero-order valence-electron chi connectivity index (χ0n) is 16.9. The highest BCUT2D eigenvalue weighted by atomic mass is 35.5. The Bertz CT molecular complexity index is 907. The van der Waals surface area contributed by atoms with Crippen molar-refractivity contribution < 1.29 is 19.0 Å². The summed E-state index contributed by atoms with van der Waals surface area (Å²) >= 11 is 6.52. The van der Waals surface area contributed by atoms with Gasteiger partial charge in [-0.1, -0.05) is 49.1 Å². The number of nitrogens with zero attached hydrogens (tertiary/aromatic N) is 1. The predicted molar refractivity (Wildman–Crippen MR) is 114 cm³/mol. The van der Waals surface area contributed by atoms with Gasteiger partial charge in [-0.3, -0.25) is 9.69 Å². The average molecular weight is 432 g/mol. The van der Waals surface area contributed by atoms with Crippen molar-refractivity contribution in [1.82, 2.24) is 4.90 Å². The first kappa shape index (κ1) is 21.1. The number of carbonyl (C=O) groups is 1. The molecule has 4 rings (SSSR count). The maximum absolute atomic E-state index is 14.5. The molecule has 2 aliphatic rings. The number of hydrogen-bond acceptors (Lipinski definition) is 3. The lowest BCUT2D eigenvalue weighted by atomic mass is 9.84. The number of carboxylic acid groups (broad SMARTS) is 1. The Hall–Kier alpha value is -2.11. The number of halogens is 2. The first-order valence-corrected chi connectivity index (χ1v) is 11.0. The van der Waals surface area contributed by atoms with Crippen molar-refractivity contribution in [2.45, 2.75) is 51.2 Å². The number of rotatable bonds is 7. The predicted octanol–water partition coefficient (Wildman–Crippen LogP) is 5.62. The van der Waals surface area contributed by atoms with E-state index in [2.05, 4.69) is 6.07 Å². The molecule has 6 heteroatoms. The van der Waals surface area contributed by atoms with Crippen LogP contribution in [0.25, 0.3) is 0 Å². The van der Waals surface area contributed by atoms with Gasteiger partial charge in [-0.05, 0) is 53.6 Å². The SMILES string of the molecule is O=C(O)C1CN(Cc2ccc(OCc3ccc(C4CCCCC4)c(Cl)c3)c(F)c2)C1. The summed E-state index contributed by atoms with van der Waals surface area (Å²) in [4.78, 5) is 12.9. The van der Waals surface area contributed by atoms with Crippen molar-refractivity contribution in [1.29, 1.82) is 0 Å². The molecule has 4 nitrogen and oxygen atoms in total. The largest absolute Gasteiger partial charge is 0.486 e. The minimum atomic E-state index is -0.770. The van der Waals surface area contributed by atoms with Crippen LogP contribution in [0.1, 0.15) is 54.7 Å². The van der Waals surface area contributed by atoms with E-state index in [9.17, 15) is 9.18 Å². The van der Waals surface area contributed by atoms with Gasteiger partial charge in [0.2, 0.25) is 0 Å². The Morgan fingerprint density at radius 3 is 2.50 bits per heavy atom. The molecule has 1 heterocycles. The van der Waals surface area contributed by atoms with Crippen LogP contribution in [0.4, 0.5) is 4.39 Å². The Morgan fingerprint density at radius 1 is 1.10 bits per heavy atom. The molecule has 2 aromatic rings. The topological polar surface area (TPSA) is 49.8 Å². The highest BCUT2D eigenvalue weighted by Crippen LogP contribution is 2.36. The van der Waals surface area contributed by atoms with Crippen molar-refractivity contribution in [2.24, 2.45) is 5.92 Å². The molecule has 0 bridgehead atoms. The minimum Gasteiger partial charge on any atom is -0.486 e. The molecule has 30 heavy (non-hydrogen) atoms. The first-order valence-electron chi connectivity index (χ1n) is 10.6. The third kappa shape index (κ3) is 4.96. The maximum atomic E-state index is 14.5. The number of carboxylic acids is 1. The molecule has 0 radical (unpaired) electrons. The molecule has 2 aromatic carbocycles. The van der Waals surface area contributed by atoms with Crippen LogP contribution in [0.3, 0.4) is 0 Å². The molecule has 1 saturated heterocycles. The fraction of sp³-hybridized carbons (Fsp3) is 0.458. The molecule has 160 valence electrons. The molecular formula is C24H27ClFNO3. The van der Waals surface area contributed by atoms with Crippen molar-refractivity contribution in [3.63, 3.8) is 0 Å². The number of hydrogen-bond donors (Lipinski definition) is 1. The second-order valence-corrected chi connectivity index (χ2v) is 8.88. The van der Waals surface area contributed by atoms with Crippen LogP contribution in [0.2, 0.25) is 5.02 Å². The molecule has 1 aliphatic carbocycles. The number of ether oxygens (including phenoxy) is 1. The van der Waals surface area contributed by atoms with Gasteiger partial charge >= 0.3 is 5.97 Å². The lowest BCUT2D eigenvalue weighted by Gasteiger charge is -2.36. The van der Waals surface area contributed by atoms with E-state index in [0.717, 1.165) is 16.1 Å². The van der Waals surface area contributed by atoms with Crippen LogP contribution in [-0.2, 0) is 17.9 Å². The summed E-state index contributed by atoms with van der Waals surface area (Å²) in [7, 11) is 0. The fourth-order valence-corrected chi connectivity index (χ4v) is 4.80. The van der Waals surface area contributed by atoms with E-state index in [4.69, 9.17) is 21.4 Å². The zero-order chi connectivity index (χ0) is 21.1. The maximum Gasteiger partial charge on any atom is 0.309 e. The Morgan fingerprint density at radius 2 is 1.83 bits per heavy atom. The van der Waals surface area contributed by atoms with Gasteiger partial charge in [-0.15, -0.1) is 0 Å². The summed E-state index contributed by atoms with van der Waals surface area (Å²) in [6.45, 7) is 1.81. The van der Waals surface area contributed by atoms with E-state index in [-0.39, 0.29) is 18.3 Å². The number of aliphatic carboxylic acids is 1. The van der Waals surface area contributed by atoms with Crippen LogP contribution in [-0.4, -0.2) is 29.1 Å². The van der Waals surface area contributed by atoms with Gasteiger partial charge in [0.1, 0.15) is 6.61 Å². The van der Waals surface area contributed by atoms with Crippen molar-refractivity contribution >= 4 is 17.6 Å². The van der Waals surface area contributed by atoms with Gasteiger partial charge in [-0.2, -0.15) is 0 Å². The fourth-order valence-electron chi connectivity index (χ4n) is 4.44. The summed E-state index contributed by atoms with van der Waals surface area (Å²) in [5.74, 6) is -0.740. The smallest absolute Gasteiger partial charge is 0.309 e. The van der Waals surface area contributed by atoms with Crippen molar-refractivity contribution in [3.05, 3.63) is 63.9 Å². The van der Waals surface area contributed by atoms with Crippen molar-refractivity contribution in [2.75, 3.05) is 13.1 Å². The van der Waals surface area contributed by atoms with Gasteiger partial charge in [0.05, 0.1) is 5.92 Å². The molecule has 0 aromatic heterocycles. The summed E-state index contributed by atoms with van der Waals surface area (Å²) in [6, 6.07) is 11.0. The molecule has 0 spiro atoms. The Labute approximate surface area is 181 Å². The van der Waals surface area contributed by atoms with Gasteiger partial charge in [0.15, 0.2) is 11.6 Å². The lowest BCUT2D eigenvalue weighted by molar-refractivity contribution is -0.147. The van der Waals surface area contributed by atoms with Crippen LogP contribution < -0.4 is 4.74 Å². The van der Waals surface area contributed by atoms with Crippen LogP contribution in [0, 0.1) is 11.7 Å². The van der Waals surface area contributed by atoms with Crippen molar-refractivity contribution in [3.8, 4) is 5.75 Å². The Kier molecular flexibility index (Phi) is 6.59. The van der Waals surface area contributed by atoms with E-state index in [1.807, 2.05) is 23.1 Å². The molecule has 0 unspecified atom stereocenters. The van der Waals surface area contributed by atoms with Gasteiger partial charge < -0.3 is 9.84 Å². The number of likely N-dealkylation sites (tertiary alicyclic amines) is 1. The summed E-state index contributed by atoms with van der Waals surface area (Å²) < 4.78 is 20.1. The molecule has 0 amide bonds. The van der Waals surface area contributed by atoms with Crippen LogP contribution in [0.15, 0.2) is 36.4 Å². The van der Waals surface area contributed by atoms with E-state index in [1.54, 1.807) is 6.07 Å². The normalized spacial score (nSPS) is 18.2. The third-order valence-electron chi connectivity index (χ3n) is 6.21. The van der Waals surface area contributed by atoms with E-state index >= 15 is 0 Å². The van der Waals surface area contributed by atoms with E-state index < -0.39 is 11.8 Å². The number of benzene rings is 2. The highest BCUT2D eigenvalue weighted by Gasteiger charge is 2.32. The first-order chi connectivity index (χ1) is 14.5. The molecule has 1 aliphatic heterocycles. The molecule has 1 saturated carbocycles. The summed E-state index contributed by atoms with van der Waals surface area (Å²) in [5, 5.41) is 9.71. The molecule has 2 fully saturated rings. The van der Waals surface area contributed by atoms with Gasteiger partial charge in [-0.25, -0.2) is 4.39 Å². The zero-order valence-corrected chi connectivity index (χ0v) is 17.7. The quantitative estimate of drug-likeness (QED) is 0.617. The van der Waals surface area contributed by atoms with Gasteiger partial charge in [0, 0.05) is 24.7 Å².